The van der Waals surface area contributed by atoms with E-state index in [0.717, 1.165) is 17.1 Å². The molecule has 0 unspecified atom stereocenters. The maximum atomic E-state index is 15.2. The molecule has 1 fully saturated rings. The molecule has 0 radical (unpaired) electrons. The Morgan fingerprint density at radius 1 is 1.32 bits per heavy atom. The molecule has 1 aliphatic rings. The maximum Gasteiger partial charge on any atom is 0.287 e. The van der Waals surface area contributed by atoms with Gasteiger partial charge < -0.3 is 15.5 Å². The van der Waals surface area contributed by atoms with Gasteiger partial charge in [0.1, 0.15) is 16.5 Å². The molecular weight excluding hydrogens is 425 g/mol. The summed E-state index contributed by atoms with van der Waals surface area (Å²) in [6.45, 7) is 3.11. The first-order chi connectivity index (χ1) is 14.7. The Bertz CT molecular complexity index is 979. The van der Waals surface area contributed by atoms with Crippen LogP contribution >= 0.6 is 11.6 Å². The van der Waals surface area contributed by atoms with E-state index in [1.807, 2.05) is 26.1 Å². The highest BCUT2D eigenvalue weighted by Crippen LogP contribution is 2.29. The molecule has 10 heteroatoms. The number of hydrogen-bond acceptors (Lipinski definition) is 6. The van der Waals surface area contributed by atoms with Gasteiger partial charge in [-0.15, -0.1) is 0 Å². The molecule has 166 valence electrons. The first kappa shape index (κ1) is 22.9. The van der Waals surface area contributed by atoms with Crippen molar-refractivity contribution in [2.24, 2.45) is 0 Å². The first-order valence-electron chi connectivity index (χ1n) is 9.99. The minimum atomic E-state index is -1.42. The molecule has 0 bridgehead atoms. The molecule has 1 amide bonds. The van der Waals surface area contributed by atoms with Gasteiger partial charge in [-0.05, 0) is 30.7 Å². The zero-order valence-corrected chi connectivity index (χ0v) is 18.2. The summed E-state index contributed by atoms with van der Waals surface area (Å²) >= 11 is 5.90. The lowest BCUT2D eigenvalue weighted by Crippen LogP contribution is -2.48. The summed E-state index contributed by atoms with van der Waals surface area (Å²) in [5.41, 5.74) is 0.447. The van der Waals surface area contributed by atoms with Crippen molar-refractivity contribution in [3.63, 3.8) is 0 Å². The van der Waals surface area contributed by atoms with Crippen LogP contribution in [0.15, 0.2) is 30.3 Å². The normalized spacial score (nSPS) is 15.5. The summed E-state index contributed by atoms with van der Waals surface area (Å²) in [5, 5.41) is 16.9. The van der Waals surface area contributed by atoms with Gasteiger partial charge in [0.05, 0.1) is 10.6 Å². The second kappa shape index (κ2) is 9.57. The lowest BCUT2D eigenvalue weighted by Gasteiger charge is -2.36. The van der Waals surface area contributed by atoms with Gasteiger partial charge in [0.15, 0.2) is 0 Å². The molecular formula is C21H25ClFN5O3. The van der Waals surface area contributed by atoms with Gasteiger partial charge >= 0.3 is 0 Å². The Morgan fingerprint density at radius 3 is 2.65 bits per heavy atom. The minimum absolute atomic E-state index is 0.0944. The zero-order chi connectivity index (χ0) is 22.6. The molecule has 0 saturated carbocycles. The van der Waals surface area contributed by atoms with Gasteiger partial charge in [-0.1, -0.05) is 17.7 Å². The number of hydrogen-bond donors (Lipinski definition) is 2. The average molecular weight is 450 g/mol. The highest BCUT2D eigenvalue weighted by atomic mass is 35.5. The minimum Gasteiger partial charge on any atom is -0.373 e. The number of nitrogens with one attached hydrogen (secondary N) is 2. The Morgan fingerprint density at radius 2 is 2.03 bits per heavy atom. The molecule has 2 heterocycles. The number of carbonyl (C=O) groups is 1. The summed E-state index contributed by atoms with van der Waals surface area (Å²) < 4.78 is 15.2. The predicted octanol–water partition coefficient (Wildman–Crippen LogP) is 3.73. The van der Waals surface area contributed by atoms with E-state index in [4.69, 9.17) is 11.6 Å². The highest BCUT2D eigenvalue weighted by molar-refractivity contribution is 6.33. The third kappa shape index (κ3) is 5.48. The third-order valence-corrected chi connectivity index (χ3v) is 5.78. The quantitative estimate of drug-likeness (QED) is 0.493. The van der Waals surface area contributed by atoms with Crippen LogP contribution in [0.25, 0.3) is 0 Å². The van der Waals surface area contributed by atoms with Gasteiger partial charge in [0.25, 0.3) is 11.6 Å². The van der Waals surface area contributed by atoms with Crippen LogP contribution in [0.3, 0.4) is 0 Å². The summed E-state index contributed by atoms with van der Waals surface area (Å²) in [6, 6.07) is 7.75. The molecule has 2 aromatic rings. The Balaban J connectivity index is 1.52. The van der Waals surface area contributed by atoms with Crippen LogP contribution in [0.2, 0.25) is 5.02 Å². The number of likely N-dealkylation sites (tertiary alicyclic amines) is 1. The lowest BCUT2D eigenvalue weighted by molar-refractivity contribution is -0.384. The van der Waals surface area contributed by atoms with E-state index in [-0.39, 0.29) is 54.7 Å². The van der Waals surface area contributed by atoms with E-state index in [1.54, 1.807) is 4.90 Å². The summed E-state index contributed by atoms with van der Waals surface area (Å²) in [6.07, 6.45) is 0.408. The number of amides is 1. The molecule has 2 N–H and O–H groups in total. The van der Waals surface area contributed by atoms with Gasteiger partial charge in [0.2, 0.25) is 0 Å². The van der Waals surface area contributed by atoms with Crippen molar-refractivity contribution in [2.45, 2.75) is 32.0 Å². The molecule has 3 rings (SSSR count). The number of halogens is 2. The number of alkyl halides is 1. The first-order valence-corrected chi connectivity index (χ1v) is 10.4. The fourth-order valence-corrected chi connectivity index (χ4v) is 3.84. The second-order valence-electron chi connectivity index (χ2n) is 7.69. The van der Waals surface area contributed by atoms with E-state index in [0.29, 0.717) is 6.54 Å². The average Bonchev–Trinajstić information content (AvgIpc) is 2.74. The Hall–Kier alpha value is -2.78. The fourth-order valence-electron chi connectivity index (χ4n) is 3.59. The molecule has 0 atom stereocenters. The van der Waals surface area contributed by atoms with Gasteiger partial charge in [-0.3, -0.25) is 14.9 Å². The Labute approximate surface area is 184 Å². The molecule has 1 saturated heterocycles. The van der Waals surface area contributed by atoms with Crippen molar-refractivity contribution in [1.82, 2.24) is 15.2 Å². The second-order valence-corrected chi connectivity index (χ2v) is 8.10. The number of nitro groups is 1. The van der Waals surface area contributed by atoms with Crippen molar-refractivity contribution in [3.8, 4) is 0 Å². The molecule has 1 aromatic carbocycles. The zero-order valence-electron chi connectivity index (χ0n) is 17.5. The van der Waals surface area contributed by atoms with Crippen LogP contribution in [0, 0.1) is 17.0 Å². The summed E-state index contributed by atoms with van der Waals surface area (Å²) in [7, 11) is 1.81. The summed E-state index contributed by atoms with van der Waals surface area (Å²) in [4.78, 5) is 29.0. The largest absolute Gasteiger partial charge is 0.373 e. The van der Waals surface area contributed by atoms with Crippen molar-refractivity contribution in [2.75, 3.05) is 32.0 Å². The third-order valence-electron chi connectivity index (χ3n) is 5.48. The number of aromatic nitrogens is 1. The monoisotopic (exact) mass is 449 g/mol. The number of aryl methyl sites for hydroxylation is 1. The predicted molar refractivity (Wildman–Crippen MR) is 117 cm³/mol. The Kier molecular flexibility index (Phi) is 7.07. The fraction of sp³-hybridized carbons (Fsp3) is 0.429. The van der Waals surface area contributed by atoms with E-state index in [9.17, 15) is 14.9 Å². The van der Waals surface area contributed by atoms with Crippen molar-refractivity contribution < 1.29 is 14.1 Å². The van der Waals surface area contributed by atoms with E-state index in [2.05, 4.69) is 15.6 Å². The van der Waals surface area contributed by atoms with Gasteiger partial charge in [-0.25, -0.2) is 9.37 Å². The van der Waals surface area contributed by atoms with E-state index >= 15 is 4.39 Å². The van der Waals surface area contributed by atoms with Gasteiger partial charge in [0, 0.05) is 57.7 Å². The molecule has 0 spiro atoms. The van der Waals surface area contributed by atoms with E-state index in [1.165, 1.54) is 18.2 Å². The van der Waals surface area contributed by atoms with Crippen molar-refractivity contribution >= 4 is 29.0 Å². The lowest BCUT2D eigenvalue weighted by atomic mass is 9.92. The molecule has 8 nitrogen and oxygen atoms in total. The van der Waals surface area contributed by atoms with Crippen molar-refractivity contribution in [3.05, 3.63) is 62.3 Å². The van der Waals surface area contributed by atoms with Crippen molar-refractivity contribution in [1.29, 1.82) is 0 Å². The number of pyridine rings is 1. The summed E-state index contributed by atoms with van der Waals surface area (Å²) in [5.74, 6) is 0.489. The number of benzene rings is 1. The SMILES string of the molecule is CNc1nc(CNCC2(F)CCN(C(=O)c3ccc([N+](=O)[O-])c(Cl)c3)CC2)ccc1C. The van der Waals surface area contributed by atoms with Gasteiger partial charge in [-0.2, -0.15) is 0 Å². The molecule has 0 aliphatic carbocycles. The van der Waals surface area contributed by atoms with Crippen LogP contribution in [-0.4, -0.2) is 53.1 Å². The highest BCUT2D eigenvalue weighted by Gasteiger charge is 2.36. The number of piperidine rings is 1. The molecule has 31 heavy (non-hydrogen) atoms. The number of rotatable bonds is 7. The van der Waals surface area contributed by atoms with Crippen LogP contribution in [0.1, 0.15) is 34.5 Å². The standard InChI is InChI=1S/C21H25ClFN5O3/c1-14-3-5-16(26-19(14)24-2)12-25-13-21(23)7-9-27(10-8-21)20(29)15-4-6-18(28(30)31)17(22)11-15/h3-6,11,25H,7-10,12-13H2,1-2H3,(H,24,26). The maximum absolute atomic E-state index is 15.2. The number of nitro benzene ring substituents is 1. The molecule has 1 aromatic heterocycles. The topological polar surface area (TPSA) is 100 Å². The smallest absolute Gasteiger partial charge is 0.287 e. The van der Waals surface area contributed by atoms with Crippen LogP contribution in [-0.2, 0) is 6.54 Å². The molecule has 1 aliphatic heterocycles. The van der Waals surface area contributed by atoms with Crippen LogP contribution < -0.4 is 10.6 Å². The number of anilines is 1. The number of carbonyl (C=O) groups excluding carboxylic acids is 1. The van der Waals surface area contributed by atoms with Crippen LogP contribution in [0.5, 0.6) is 0 Å². The number of nitrogens with zero attached hydrogens (tertiary/aromatic N) is 3. The van der Waals surface area contributed by atoms with Crippen LogP contribution in [0.4, 0.5) is 15.9 Å². The van der Waals surface area contributed by atoms with E-state index < -0.39 is 10.6 Å².